The van der Waals surface area contributed by atoms with E-state index < -0.39 is 0 Å². The van der Waals surface area contributed by atoms with Crippen molar-refractivity contribution in [3.05, 3.63) is 70.2 Å². The van der Waals surface area contributed by atoms with Crippen LogP contribution in [0.3, 0.4) is 0 Å². The number of nitrogens with zero attached hydrogens (tertiary/aromatic N) is 1. The van der Waals surface area contributed by atoms with Crippen LogP contribution in [0.4, 0.5) is 0 Å². The van der Waals surface area contributed by atoms with Crippen molar-refractivity contribution in [2.24, 2.45) is 0 Å². The highest BCUT2D eigenvalue weighted by Gasteiger charge is 2.25. The van der Waals surface area contributed by atoms with E-state index >= 15 is 0 Å². The fraction of sp³-hybridized carbons (Fsp3) is 0.350. The summed E-state index contributed by atoms with van der Waals surface area (Å²) in [5, 5.41) is 0.643. The number of carbonyl (C=O) groups is 1. The summed E-state index contributed by atoms with van der Waals surface area (Å²) in [6.45, 7) is 4.10. The van der Waals surface area contributed by atoms with Gasteiger partial charge in [0.2, 0.25) is 0 Å². The minimum Gasteiger partial charge on any atom is -0.372 e. The van der Waals surface area contributed by atoms with Crippen LogP contribution in [0.2, 0.25) is 5.02 Å². The van der Waals surface area contributed by atoms with Crippen molar-refractivity contribution in [1.82, 2.24) is 4.90 Å². The van der Waals surface area contributed by atoms with Crippen molar-refractivity contribution in [2.45, 2.75) is 32.5 Å². The number of carbonyl (C=O) groups excluding carboxylic acids is 1. The standard InChI is InChI=1S/C20H22ClNO2/c1-15-4-2-5-16(12-15)14-24-19-6-3-11-22(13-19)20(23)17-7-9-18(21)10-8-17/h2,4-5,7-10,12,19H,3,6,11,13-14H2,1H3. The molecule has 3 rings (SSSR count). The highest BCUT2D eigenvalue weighted by molar-refractivity contribution is 6.30. The fourth-order valence-corrected chi connectivity index (χ4v) is 3.18. The topological polar surface area (TPSA) is 29.5 Å². The van der Waals surface area contributed by atoms with Crippen LogP contribution >= 0.6 is 11.6 Å². The molecule has 1 heterocycles. The summed E-state index contributed by atoms with van der Waals surface area (Å²) in [6, 6.07) is 15.4. The van der Waals surface area contributed by atoms with Gasteiger partial charge in [-0.15, -0.1) is 0 Å². The third-order valence-electron chi connectivity index (χ3n) is 4.32. The minimum absolute atomic E-state index is 0.0514. The van der Waals surface area contributed by atoms with Gasteiger partial charge in [0.15, 0.2) is 0 Å². The van der Waals surface area contributed by atoms with E-state index in [1.807, 2.05) is 11.0 Å². The van der Waals surface area contributed by atoms with Gasteiger partial charge in [-0.2, -0.15) is 0 Å². The number of benzene rings is 2. The van der Waals surface area contributed by atoms with Gasteiger partial charge in [0.25, 0.3) is 5.91 Å². The molecule has 1 fully saturated rings. The molecule has 24 heavy (non-hydrogen) atoms. The van der Waals surface area contributed by atoms with E-state index in [1.165, 1.54) is 11.1 Å². The van der Waals surface area contributed by atoms with E-state index in [-0.39, 0.29) is 12.0 Å². The second-order valence-corrected chi connectivity index (χ2v) is 6.76. The molecule has 0 bridgehead atoms. The highest BCUT2D eigenvalue weighted by atomic mass is 35.5. The number of hydrogen-bond donors (Lipinski definition) is 0. The molecule has 0 spiro atoms. The van der Waals surface area contributed by atoms with Crippen LogP contribution in [0.15, 0.2) is 48.5 Å². The van der Waals surface area contributed by atoms with Crippen LogP contribution in [0, 0.1) is 6.92 Å². The normalized spacial score (nSPS) is 17.8. The molecule has 1 atom stereocenters. The quantitative estimate of drug-likeness (QED) is 0.819. The number of rotatable bonds is 4. The number of ether oxygens (including phenoxy) is 1. The molecule has 2 aromatic rings. The molecule has 0 aromatic heterocycles. The predicted octanol–water partition coefficient (Wildman–Crippen LogP) is 4.47. The van der Waals surface area contributed by atoms with Crippen LogP contribution in [0.5, 0.6) is 0 Å². The fourth-order valence-electron chi connectivity index (χ4n) is 3.05. The average Bonchev–Trinajstić information content (AvgIpc) is 2.60. The molecule has 1 aliphatic rings. The summed E-state index contributed by atoms with van der Waals surface area (Å²) >= 11 is 5.89. The Bertz CT molecular complexity index is 699. The van der Waals surface area contributed by atoms with Crippen LogP contribution in [-0.4, -0.2) is 30.0 Å². The number of piperidine rings is 1. The Hall–Kier alpha value is -1.84. The van der Waals surface area contributed by atoms with Crippen molar-refractivity contribution >= 4 is 17.5 Å². The first-order valence-corrected chi connectivity index (χ1v) is 8.71. The molecule has 1 saturated heterocycles. The molecule has 1 amide bonds. The van der Waals surface area contributed by atoms with Crippen molar-refractivity contribution in [1.29, 1.82) is 0 Å². The molecule has 0 radical (unpaired) electrons. The zero-order valence-electron chi connectivity index (χ0n) is 13.9. The molecule has 4 heteroatoms. The molecule has 0 N–H and O–H groups in total. The Morgan fingerprint density at radius 1 is 1.25 bits per heavy atom. The van der Waals surface area contributed by atoms with Gasteiger partial charge in [-0.25, -0.2) is 0 Å². The van der Waals surface area contributed by atoms with Crippen molar-refractivity contribution < 1.29 is 9.53 Å². The molecule has 0 saturated carbocycles. The van der Waals surface area contributed by atoms with E-state index in [0.29, 0.717) is 23.7 Å². The zero-order chi connectivity index (χ0) is 16.9. The summed E-state index contributed by atoms with van der Waals surface area (Å²) in [5.74, 6) is 0.0514. The molecule has 1 aliphatic heterocycles. The van der Waals surface area contributed by atoms with Gasteiger partial charge in [0.05, 0.1) is 12.7 Å². The van der Waals surface area contributed by atoms with Gasteiger partial charge in [0, 0.05) is 23.7 Å². The summed E-state index contributed by atoms with van der Waals surface area (Å²) in [4.78, 5) is 14.5. The Labute approximate surface area is 148 Å². The van der Waals surface area contributed by atoms with Crippen molar-refractivity contribution in [3.63, 3.8) is 0 Å². The summed E-state index contributed by atoms with van der Waals surface area (Å²) in [7, 11) is 0. The van der Waals surface area contributed by atoms with Gasteiger partial charge in [-0.1, -0.05) is 41.4 Å². The second-order valence-electron chi connectivity index (χ2n) is 6.32. The number of likely N-dealkylation sites (tertiary alicyclic amines) is 1. The second kappa shape index (κ2) is 7.82. The van der Waals surface area contributed by atoms with Gasteiger partial charge in [0.1, 0.15) is 0 Å². The average molecular weight is 344 g/mol. The van der Waals surface area contributed by atoms with E-state index in [0.717, 1.165) is 19.4 Å². The molecule has 1 unspecified atom stereocenters. The summed E-state index contributed by atoms with van der Waals surface area (Å²) in [5.41, 5.74) is 3.09. The smallest absolute Gasteiger partial charge is 0.253 e. The minimum atomic E-state index is 0.0514. The third-order valence-corrected chi connectivity index (χ3v) is 4.58. The van der Waals surface area contributed by atoms with Gasteiger partial charge in [-0.3, -0.25) is 4.79 Å². The van der Waals surface area contributed by atoms with E-state index in [2.05, 4.69) is 25.1 Å². The first-order chi connectivity index (χ1) is 11.6. The van der Waals surface area contributed by atoms with E-state index in [4.69, 9.17) is 16.3 Å². The SMILES string of the molecule is Cc1cccc(COC2CCCN(C(=O)c3ccc(Cl)cc3)C2)c1. The van der Waals surface area contributed by atoms with Crippen LogP contribution in [0.1, 0.15) is 34.3 Å². The molecular weight excluding hydrogens is 322 g/mol. The molecule has 2 aromatic carbocycles. The maximum absolute atomic E-state index is 12.6. The van der Waals surface area contributed by atoms with Crippen molar-refractivity contribution in [2.75, 3.05) is 13.1 Å². The van der Waals surface area contributed by atoms with Gasteiger partial charge < -0.3 is 9.64 Å². The molecule has 0 aliphatic carbocycles. The predicted molar refractivity (Wildman–Crippen MR) is 96.3 cm³/mol. The number of halogens is 1. The van der Waals surface area contributed by atoms with E-state index in [1.54, 1.807) is 24.3 Å². The lowest BCUT2D eigenvalue weighted by Gasteiger charge is -2.32. The summed E-state index contributed by atoms with van der Waals surface area (Å²) < 4.78 is 6.04. The van der Waals surface area contributed by atoms with Crippen molar-refractivity contribution in [3.8, 4) is 0 Å². The monoisotopic (exact) mass is 343 g/mol. The molecular formula is C20H22ClNO2. The van der Waals surface area contributed by atoms with Crippen LogP contribution < -0.4 is 0 Å². The van der Waals surface area contributed by atoms with Gasteiger partial charge in [-0.05, 0) is 49.6 Å². The number of amides is 1. The third kappa shape index (κ3) is 4.37. The Morgan fingerprint density at radius 2 is 2.04 bits per heavy atom. The lowest BCUT2D eigenvalue weighted by Crippen LogP contribution is -2.43. The van der Waals surface area contributed by atoms with E-state index in [9.17, 15) is 4.79 Å². The Kier molecular flexibility index (Phi) is 5.54. The number of hydrogen-bond acceptors (Lipinski definition) is 2. The maximum Gasteiger partial charge on any atom is 0.253 e. The first kappa shape index (κ1) is 17.0. The molecule has 126 valence electrons. The zero-order valence-corrected chi connectivity index (χ0v) is 14.6. The highest BCUT2D eigenvalue weighted by Crippen LogP contribution is 2.19. The lowest BCUT2D eigenvalue weighted by molar-refractivity contribution is -0.00673. The lowest BCUT2D eigenvalue weighted by atomic mass is 10.1. The first-order valence-electron chi connectivity index (χ1n) is 8.34. The maximum atomic E-state index is 12.6. The largest absolute Gasteiger partial charge is 0.372 e. The number of aryl methyl sites for hydroxylation is 1. The summed E-state index contributed by atoms with van der Waals surface area (Å²) in [6.07, 6.45) is 2.06. The molecule has 3 nitrogen and oxygen atoms in total. The van der Waals surface area contributed by atoms with Crippen LogP contribution in [0.25, 0.3) is 0 Å². The Morgan fingerprint density at radius 3 is 2.79 bits per heavy atom. The van der Waals surface area contributed by atoms with Gasteiger partial charge >= 0.3 is 0 Å². The Balaban J connectivity index is 1.57. The van der Waals surface area contributed by atoms with Crippen LogP contribution in [-0.2, 0) is 11.3 Å².